The number of aliphatic hydroxyl groups is 1. The van der Waals surface area contributed by atoms with E-state index in [9.17, 15) is 19.8 Å². The topological polar surface area (TPSA) is 96.8 Å². The average Bonchev–Trinajstić information content (AvgIpc) is 3.02. The molecule has 1 aromatic carbocycles. The molecule has 0 saturated heterocycles. The minimum Gasteiger partial charge on any atom is -0.478 e. The number of hydrogen-bond acceptors (Lipinski definition) is 4. The van der Waals surface area contributed by atoms with Gasteiger partial charge >= 0.3 is 5.97 Å². The Morgan fingerprint density at radius 3 is 2.58 bits per heavy atom. The van der Waals surface area contributed by atoms with Crippen molar-refractivity contribution in [3.8, 4) is 0 Å². The smallest absolute Gasteiger partial charge is 0.338 e. The number of benzene rings is 1. The van der Waals surface area contributed by atoms with Crippen molar-refractivity contribution in [2.24, 2.45) is 0 Å². The maximum absolute atomic E-state index is 12.9. The molecule has 1 unspecified atom stereocenters. The molecule has 124 valence electrons. The molecular formula is C17H17N3O4. The van der Waals surface area contributed by atoms with Crippen LogP contribution in [0, 0.1) is 0 Å². The third-order valence-electron chi connectivity index (χ3n) is 3.90. The summed E-state index contributed by atoms with van der Waals surface area (Å²) in [5, 5.41) is 23.8. The van der Waals surface area contributed by atoms with Crippen molar-refractivity contribution in [2.75, 3.05) is 0 Å². The van der Waals surface area contributed by atoms with Crippen LogP contribution in [0.5, 0.6) is 0 Å². The molecule has 7 heteroatoms. The Balaban J connectivity index is 2.26. The van der Waals surface area contributed by atoms with E-state index < -0.39 is 17.6 Å². The summed E-state index contributed by atoms with van der Waals surface area (Å²) in [6.45, 7) is 1.99. The fraction of sp³-hybridized carbons (Fsp3) is 0.235. The maximum Gasteiger partial charge on any atom is 0.338 e. The van der Waals surface area contributed by atoms with Gasteiger partial charge in [-0.05, 0) is 18.1 Å². The van der Waals surface area contributed by atoms with E-state index in [0.29, 0.717) is 6.42 Å². The van der Waals surface area contributed by atoms with Crippen molar-refractivity contribution in [3.63, 3.8) is 0 Å². The zero-order valence-electron chi connectivity index (χ0n) is 13.1. The Kier molecular flexibility index (Phi) is 4.18. The summed E-state index contributed by atoms with van der Waals surface area (Å²) >= 11 is 0. The second-order valence-corrected chi connectivity index (χ2v) is 5.49. The molecular weight excluding hydrogens is 310 g/mol. The predicted molar refractivity (Wildman–Crippen MR) is 87.2 cm³/mol. The molecule has 0 aliphatic carbocycles. The lowest BCUT2D eigenvalue weighted by atomic mass is 10.2. The number of fused-ring (bicyclic) bond motifs is 1. The van der Waals surface area contributed by atoms with E-state index in [4.69, 9.17) is 0 Å². The number of carboxylic acids is 1. The molecule has 0 aliphatic rings. The highest BCUT2D eigenvalue weighted by molar-refractivity contribution is 5.95. The maximum atomic E-state index is 12.9. The van der Waals surface area contributed by atoms with Crippen LogP contribution < -0.4 is 5.56 Å². The molecule has 0 radical (unpaired) electrons. The molecule has 24 heavy (non-hydrogen) atoms. The highest BCUT2D eigenvalue weighted by Gasteiger charge is 2.21. The first-order valence-corrected chi connectivity index (χ1v) is 7.60. The molecule has 0 fully saturated rings. The van der Waals surface area contributed by atoms with Gasteiger partial charge in [0.15, 0.2) is 5.82 Å². The average molecular weight is 327 g/mol. The van der Waals surface area contributed by atoms with Gasteiger partial charge < -0.3 is 10.2 Å². The van der Waals surface area contributed by atoms with Gasteiger partial charge in [-0.15, -0.1) is 0 Å². The second-order valence-electron chi connectivity index (χ2n) is 5.49. The van der Waals surface area contributed by atoms with Gasteiger partial charge in [0.2, 0.25) is 0 Å². The number of hydrogen-bond donors (Lipinski definition) is 2. The van der Waals surface area contributed by atoms with E-state index in [2.05, 4.69) is 5.10 Å². The summed E-state index contributed by atoms with van der Waals surface area (Å²) in [5.41, 5.74) is 0.259. The van der Waals surface area contributed by atoms with Crippen LogP contribution >= 0.6 is 0 Å². The fourth-order valence-electron chi connectivity index (χ4n) is 2.64. The first kappa shape index (κ1) is 15.9. The second kappa shape index (κ2) is 6.29. The molecule has 2 N–H and O–H groups in total. The van der Waals surface area contributed by atoms with E-state index in [1.165, 1.54) is 21.3 Å². The summed E-state index contributed by atoms with van der Waals surface area (Å²) in [4.78, 5) is 24.2. The van der Waals surface area contributed by atoms with E-state index in [1.54, 1.807) is 6.92 Å². The molecule has 0 amide bonds. The monoisotopic (exact) mass is 327 g/mol. The van der Waals surface area contributed by atoms with Crippen LogP contribution in [0.3, 0.4) is 0 Å². The third-order valence-corrected chi connectivity index (χ3v) is 3.90. The van der Waals surface area contributed by atoms with Crippen molar-refractivity contribution >= 4 is 11.5 Å². The van der Waals surface area contributed by atoms with Crippen LogP contribution in [-0.4, -0.2) is 30.4 Å². The van der Waals surface area contributed by atoms with Crippen LogP contribution in [0.2, 0.25) is 0 Å². The minimum atomic E-state index is -1.19. The van der Waals surface area contributed by atoms with Gasteiger partial charge in [-0.25, -0.2) is 9.31 Å². The van der Waals surface area contributed by atoms with Crippen LogP contribution in [0.4, 0.5) is 0 Å². The number of aromatic carboxylic acids is 1. The SMILES string of the molecule is CCC(O)c1nn2ccc(C(=O)O)c2c(=O)n1Cc1ccccc1. The van der Waals surface area contributed by atoms with E-state index >= 15 is 0 Å². The van der Waals surface area contributed by atoms with Crippen LogP contribution in [0.1, 0.15) is 41.2 Å². The standard InChI is InChI=1S/C17H17N3O4/c1-2-13(21)15-18-20-9-8-12(17(23)24)14(20)16(22)19(15)10-11-6-4-3-5-7-11/h3-9,13,21H,2,10H2,1H3,(H,23,24). The van der Waals surface area contributed by atoms with Crippen molar-refractivity contribution in [1.29, 1.82) is 0 Å². The van der Waals surface area contributed by atoms with E-state index in [-0.39, 0.29) is 23.4 Å². The predicted octanol–water partition coefficient (Wildman–Crippen LogP) is 1.69. The highest BCUT2D eigenvalue weighted by Crippen LogP contribution is 2.16. The van der Waals surface area contributed by atoms with Crippen molar-refractivity contribution in [1.82, 2.24) is 14.2 Å². The van der Waals surface area contributed by atoms with Crippen LogP contribution in [0.25, 0.3) is 5.52 Å². The zero-order chi connectivity index (χ0) is 17.3. The molecule has 1 atom stereocenters. The molecule has 3 aromatic rings. The molecule has 2 aromatic heterocycles. The van der Waals surface area contributed by atoms with Gasteiger partial charge in [0.25, 0.3) is 5.56 Å². The molecule has 3 rings (SSSR count). The van der Waals surface area contributed by atoms with E-state index in [1.807, 2.05) is 30.3 Å². The normalized spacial score (nSPS) is 12.4. The first-order valence-electron chi connectivity index (χ1n) is 7.60. The number of aliphatic hydroxyl groups excluding tert-OH is 1. The molecule has 0 bridgehead atoms. The molecule has 0 spiro atoms. The van der Waals surface area contributed by atoms with Gasteiger partial charge in [0, 0.05) is 6.20 Å². The minimum absolute atomic E-state index is 0.00881. The Morgan fingerprint density at radius 2 is 1.96 bits per heavy atom. The molecule has 0 saturated carbocycles. The molecule has 7 nitrogen and oxygen atoms in total. The highest BCUT2D eigenvalue weighted by atomic mass is 16.4. The Bertz CT molecular complexity index is 944. The van der Waals surface area contributed by atoms with Gasteiger partial charge in [0.1, 0.15) is 11.6 Å². The molecule has 0 aliphatic heterocycles. The van der Waals surface area contributed by atoms with Gasteiger partial charge in [-0.1, -0.05) is 37.3 Å². The van der Waals surface area contributed by atoms with Crippen molar-refractivity contribution in [2.45, 2.75) is 26.0 Å². The summed E-state index contributed by atoms with van der Waals surface area (Å²) in [6.07, 6.45) is 0.889. The Hall–Kier alpha value is -2.93. The number of rotatable bonds is 5. The third kappa shape index (κ3) is 2.69. The lowest BCUT2D eigenvalue weighted by molar-refractivity contribution is 0.0699. The summed E-state index contributed by atoms with van der Waals surface area (Å²) in [6, 6.07) is 10.6. The van der Waals surface area contributed by atoms with Gasteiger partial charge in [-0.2, -0.15) is 5.10 Å². The number of carbonyl (C=O) groups is 1. The van der Waals surface area contributed by atoms with Crippen molar-refractivity contribution in [3.05, 3.63) is 69.9 Å². The zero-order valence-corrected chi connectivity index (χ0v) is 13.1. The van der Waals surface area contributed by atoms with E-state index in [0.717, 1.165) is 5.56 Å². The first-order chi connectivity index (χ1) is 11.5. The molecule has 2 heterocycles. The summed E-state index contributed by atoms with van der Waals surface area (Å²) < 4.78 is 2.56. The number of aromatic nitrogens is 3. The Labute approximate surface area is 137 Å². The lowest BCUT2D eigenvalue weighted by Crippen LogP contribution is -2.30. The number of nitrogens with zero attached hydrogens (tertiary/aromatic N) is 3. The Morgan fingerprint density at radius 1 is 1.25 bits per heavy atom. The fourth-order valence-corrected chi connectivity index (χ4v) is 2.64. The quantitative estimate of drug-likeness (QED) is 0.743. The van der Waals surface area contributed by atoms with Gasteiger partial charge in [-0.3, -0.25) is 9.36 Å². The largest absolute Gasteiger partial charge is 0.478 e. The lowest BCUT2D eigenvalue weighted by Gasteiger charge is -2.16. The van der Waals surface area contributed by atoms with Crippen LogP contribution in [-0.2, 0) is 6.54 Å². The summed E-state index contributed by atoms with van der Waals surface area (Å²) in [5.74, 6) is -0.974. The summed E-state index contributed by atoms with van der Waals surface area (Å²) in [7, 11) is 0. The number of carboxylic acid groups (broad SMARTS) is 1. The van der Waals surface area contributed by atoms with Crippen LogP contribution in [0.15, 0.2) is 47.4 Å². The van der Waals surface area contributed by atoms with Gasteiger partial charge in [0.05, 0.1) is 12.1 Å². The van der Waals surface area contributed by atoms with Crippen molar-refractivity contribution < 1.29 is 15.0 Å².